The Balaban J connectivity index is 1.73. The predicted molar refractivity (Wildman–Crippen MR) is 129 cm³/mol. The highest BCUT2D eigenvalue weighted by molar-refractivity contribution is 5.91. The van der Waals surface area contributed by atoms with Gasteiger partial charge in [0, 0.05) is 16.8 Å². The van der Waals surface area contributed by atoms with E-state index in [0.29, 0.717) is 0 Å². The average molecular weight is 410 g/mol. The quantitative estimate of drug-likeness (QED) is 0.500. The molecule has 3 heteroatoms. The van der Waals surface area contributed by atoms with E-state index in [1.54, 1.807) is 7.11 Å². The molecule has 0 amide bonds. The Hall–Kier alpha value is -3.46. The number of allylic oxidation sites excluding steroid dienone is 1. The molecule has 3 nitrogen and oxygen atoms in total. The first kappa shape index (κ1) is 19.5. The summed E-state index contributed by atoms with van der Waals surface area (Å²) in [5.41, 5.74) is 8.04. The van der Waals surface area contributed by atoms with Crippen LogP contribution in [0, 0.1) is 0 Å². The number of methoxy groups -OCH3 is 1. The van der Waals surface area contributed by atoms with Crippen molar-refractivity contribution in [2.45, 2.75) is 32.4 Å². The largest absolute Gasteiger partial charge is 0.496 e. The summed E-state index contributed by atoms with van der Waals surface area (Å²) in [5.74, 6) is 1.68. The second-order valence-corrected chi connectivity index (χ2v) is 8.77. The number of nitrogens with one attached hydrogen (secondary N) is 1. The summed E-state index contributed by atoms with van der Waals surface area (Å²) in [6, 6.07) is 20.7. The first-order valence-electron chi connectivity index (χ1n) is 10.7. The molecule has 0 radical (unpaired) electrons. The fraction of sp³-hybridized carbons (Fsp3) is 0.214. The van der Waals surface area contributed by atoms with Gasteiger partial charge < -0.3 is 14.8 Å². The standard InChI is InChI=1S/C28H27NO2/c1-18-17-28(2,3)29-21-15-14-20-26-22(30-4)11-8-12-23(26)31-24(27(20)25(18)21)16-13-19-9-6-5-7-10-19/h5-17,24,29H,1-4H3/b16-13+. The predicted octanol–water partition coefficient (Wildman–Crippen LogP) is 7.12. The van der Waals surface area contributed by atoms with E-state index in [1.807, 2.05) is 24.3 Å². The molecule has 2 aliphatic rings. The monoisotopic (exact) mass is 409 g/mol. The molecule has 0 bridgehead atoms. The van der Waals surface area contributed by atoms with Crippen molar-refractivity contribution in [3.8, 4) is 22.6 Å². The number of hydrogen-bond donors (Lipinski definition) is 1. The van der Waals surface area contributed by atoms with Crippen LogP contribution in [-0.4, -0.2) is 12.6 Å². The van der Waals surface area contributed by atoms with Gasteiger partial charge in [-0.2, -0.15) is 0 Å². The zero-order valence-corrected chi connectivity index (χ0v) is 18.4. The Labute approximate surface area is 184 Å². The zero-order chi connectivity index (χ0) is 21.6. The molecule has 156 valence electrons. The minimum atomic E-state index is -0.198. The average Bonchev–Trinajstić information content (AvgIpc) is 2.76. The van der Waals surface area contributed by atoms with Gasteiger partial charge in [0.1, 0.15) is 17.6 Å². The molecule has 0 fully saturated rings. The maximum absolute atomic E-state index is 6.57. The van der Waals surface area contributed by atoms with Crippen molar-refractivity contribution < 1.29 is 9.47 Å². The molecule has 0 saturated heterocycles. The van der Waals surface area contributed by atoms with Crippen LogP contribution < -0.4 is 14.8 Å². The van der Waals surface area contributed by atoms with Gasteiger partial charge >= 0.3 is 0 Å². The summed E-state index contributed by atoms with van der Waals surface area (Å²) < 4.78 is 12.3. The Bertz CT molecular complexity index is 1210. The molecule has 3 aromatic carbocycles. The molecule has 0 saturated carbocycles. The summed E-state index contributed by atoms with van der Waals surface area (Å²) in [4.78, 5) is 0. The fourth-order valence-electron chi connectivity index (χ4n) is 4.80. The first-order chi connectivity index (χ1) is 15.0. The van der Waals surface area contributed by atoms with E-state index in [-0.39, 0.29) is 11.6 Å². The van der Waals surface area contributed by atoms with E-state index in [0.717, 1.165) is 33.9 Å². The van der Waals surface area contributed by atoms with Crippen molar-refractivity contribution >= 4 is 17.3 Å². The molecular weight excluding hydrogens is 382 g/mol. The second-order valence-electron chi connectivity index (χ2n) is 8.77. The van der Waals surface area contributed by atoms with Gasteiger partial charge in [0.25, 0.3) is 0 Å². The third kappa shape index (κ3) is 3.40. The molecule has 2 heterocycles. The van der Waals surface area contributed by atoms with E-state index < -0.39 is 0 Å². The molecule has 2 aliphatic heterocycles. The van der Waals surface area contributed by atoms with Gasteiger partial charge in [-0.05, 0) is 61.7 Å². The lowest BCUT2D eigenvalue weighted by Gasteiger charge is -2.36. The van der Waals surface area contributed by atoms with Gasteiger partial charge in [0.15, 0.2) is 0 Å². The summed E-state index contributed by atoms with van der Waals surface area (Å²) >= 11 is 0. The van der Waals surface area contributed by atoms with Crippen LogP contribution in [0.5, 0.6) is 11.5 Å². The van der Waals surface area contributed by atoms with Gasteiger partial charge in [-0.25, -0.2) is 0 Å². The van der Waals surface area contributed by atoms with Gasteiger partial charge in [-0.15, -0.1) is 0 Å². The van der Waals surface area contributed by atoms with Crippen molar-refractivity contribution in [3.63, 3.8) is 0 Å². The molecule has 1 N–H and O–H groups in total. The van der Waals surface area contributed by atoms with Crippen molar-refractivity contribution in [2.75, 3.05) is 12.4 Å². The van der Waals surface area contributed by atoms with Crippen molar-refractivity contribution in [3.05, 3.63) is 89.5 Å². The fourth-order valence-corrected chi connectivity index (χ4v) is 4.80. The second kappa shape index (κ2) is 7.35. The van der Waals surface area contributed by atoms with E-state index in [9.17, 15) is 0 Å². The number of benzene rings is 3. The SMILES string of the molecule is COc1cccc2c1-c1ccc3c(c1C(/C=C/c1ccccc1)O2)C(C)=CC(C)(C)N3. The van der Waals surface area contributed by atoms with Gasteiger partial charge in [0.05, 0.1) is 18.2 Å². The molecule has 1 unspecified atom stereocenters. The zero-order valence-electron chi connectivity index (χ0n) is 18.4. The van der Waals surface area contributed by atoms with Crippen LogP contribution >= 0.6 is 0 Å². The number of fused-ring (bicyclic) bond motifs is 5. The first-order valence-corrected chi connectivity index (χ1v) is 10.7. The Morgan fingerprint density at radius 1 is 0.968 bits per heavy atom. The van der Waals surface area contributed by atoms with Gasteiger partial charge in [-0.3, -0.25) is 0 Å². The number of hydrogen-bond acceptors (Lipinski definition) is 3. The highest BCUT2D eigenvalue weighted by Gasteiger charge is 2.33. The van der Waals surface area contributed by atoms with Crippen molar-refractivity contribution in [1.29, 1.82) is 0 Å². The van der Waals surface area contributed by atoms with Crippen molar-refractivity contribution in [1.82, 2.24) is 0 Å². The summed E-state index contributed by atoms with van der Waals surface area (Å²) in [6.45, 7) is 6.58. The summed E-state index contributed by atoms with van der Waals surface area (Å²) in [6.07, 6.45) is 6.39. The minimum Gasteiger partial charge on any atom is -0.496 e. The smallest absolute Gasteiger partial charge is 0.144 e. The van der Waals surface area contributed by atoms with Crippen LogP contribution in [0.3, 0.4) is 0 Å². The Morgan fingerprint density at radius 3 is 2.55 bits per heavy atom. The van der Waals surface area contributed by atoms with Crippen molar-refractivity contribution in [2.24, 2.45) is 0 Å². The molecular formula is C28H27NO2. The van der Waals surface area contributed by atoms with Gasteiger partial charge in [0.2, 0.25) is 0 Å². The van der Waals surface area contributed by atoms with E-state index in [2.05, 4.69) is 80.7 Å². The lowest BCUT2D eigenvalue weighted by Crippen LogP contribution is -2.32. The molecule has 3 aromatic rings. The third-order valence-corrected chi connectivity index (χ3v) is 5.95. The topological polar surface area (TPSA) is 30.5 Å². The normalized spacial score (nSPS) is 18.2. The number of anilines is 1. The maximum Gasteiger partial charge on any atom is 0.144 e. The highest BCUT2D eigenvalue weighted by Crippen LogP contribution is 2.52. The van der Waals surface area contributed by atoms with Crippen LogP contribution in [0.4, 0.5) is 5.69 Å². The summed E-state index contributed by atoms with van der Waals surface area (Å²) in [7, 11) is 1.71. The number of ether oxygens (including phenoxy) is 2. The Morgan fingerprint density at radius 2 is 1.77 bits per heavy atom. The van der Waals surface area contributed by atoms with E-state index in [4.69, 9.17) is 9.47 Å². The molecule has 5 rings (SSSR count). The van der Waals surface area contributed by atoms with Crippen LogP contribution in [0.15, 0.2) is 72.8 Å². The molecule has 31 heavy (non-hydrogen) atoms. The Kier molecular flexibility index (Phi) is 4.62. The minimum absolute atomic E-state index is 0.0915. The molecule has 1 atom stereocenters. The van der Waals surface area contributed by atoms with E-state index in [1.165, 1.54) is 16.7 Å². The summed E-state index contributed by atoms with van der Waals surface area (Å²) in [5, 5.41) is 3.68. The lowest BCUT2D eigenvalue weighted by atomic mass is 9.81. The van der Waals surface area contributed by atoms with Gasteiger partial charge in [-0.1, -0.05) is 54.6 Å². The molecule has 0 aliphatic carbocycles. The van der Waals surface area contributed by atoms with Crippen LogP contribution in [0.25, 0.3) is 22.8 Å². The number of rotatable bonds is 3. The van der Waals surface area contributed by atoms with Crippen LogP contribution in [0.1, 0.15) is 43.6 Å². The highest BCUT2D eigenvalue weighted by atomic mass is 16.5. The molecule has 0 aromatic heterocycles. The van der Waals surface area contributed by atoms with Crippen LogP contribution in [-0.2, 0) is 0 Å². The third-order valence-electron chi connectivity index (χ3n) is 5.95. The maximum atomic E-state index is 6.57. The van der Waals surface area contributed by atoms with E-state index >= 15 is 0 Å². The lowest BCUT2D eigenvalue weighted by molar-refractivity contribution is 0.250. The van der Waals surface area contributed by atoms with Crippen LogP contribution in [0.2, 0.25) is 0 Å². The molecule has 0 spiro atoms.